The minimum absolute atomic E-state index is 0.167. The number of furan rings is 1. The summed E-state index contributed by atoms with van der Waals surface area (Å²) in [6.45, 7) is 1.13. The van der Waals surface area contributed by atoms with E-state index in [1.807, 2.05) is 18.2 Å². The molecule has 0 aliphatic rings. The van der Waals surface area contributed by atoms with Crippen molar-refractivity contribution in [2.24, 2.45) is 0 Å². The van der Waals surface area contributed by atoms with Gasteiger partial charge in [0.2, 0.25) is 0 Å². The highest BCUT2D eigenvalue weighted by Crippen LogP contribution is 2.12. The monoisotopic (exact) mass is 272 g/mol. The first-order chi connectivity index (χ1) is 9.78. The summed E-state index contributed by atoms with van der Waals surface area (Å²) in [5.41, 5.74) is 0.535. The van der Waals surface area contributed by atoms with Crippen molar-refractivity contribution in [3.8, 4) is 11.8 Å². The second-order valence-corrected chi connectivity index (χ2v) is 4.31. The zero-order valence-corrected chi connectivity index (χ0v) is 11.0. The maximum atomic E-state index is 9.78. The first kappa shape index (κ1) is 14.1. The highest BCUT2D eigenvalue weighted by atomic mass is 16.5. The number of hydrogen-bond acceptors (Lipinski definition) is 5. The molecule has 0 spiro atoms. The molecule has 5 heteroatoms. The molecular weight excluding hydrogens is 256 g/mol. The Hall–Kier alpha value is -2.29. The summed E-state index contributed by atoms with van der Waals surface area (Å²) >= 11 is 0. The van der Waals surface area contributed by atoms with Crippen LogP contribution >= 0.6 is 0 Å². The Morgan fingerprint density at radius 1 is 1.35 bits per heavy atom. The molecule has 0 saturated carbocycles. The highest BCUT2D eigenvalue weighted by Gasteiger charge is 2.06. The normalized spacial score (nSPS) is 11.8. The van der Waals surface area contributed by atoms with Crippen molar-refractivity contribution >= 4 is 0 Å². The lowest BCUT2D eigenvalue weighted by atomic mass is 10.2. The Morgan fingerprint density at radius 3 is 3.00 bits per heavy atom. The van der Waals surface area contributed by atoms with Gasteiger partial charge < -0.3 is 19.6 Å². The molecule has 0 aliphatic heterocycles. The van der Waals surface area contributed by atoms with Crippen LogP contribution in [0.4, 0.5) is 0 Å². The second-order valence-electron chi connectivity index (χ2n) is 4.31. The molecule has 1 aromatic carbocycles. The van der Waals surface area contributed by atoms with Gasteiger partial charge in [-0.25, -0.2) is 0 Å². The number of ether oxygens (including phenoxy) is 1. The molecule has 2 rings (SSSR count). The molecule has 104 valence electrons. The van der Waals surface area contributed by atoms with E-state index in [1.54, 1.807) is 30.5 Å². The lowest BCUT2D eigenvalue weighted by Gasteiger charge is -2.12. The maximum absolute atomic E-state index is 9.78. The number of nitrogens with one attached hydrogen (secondary N) is 1. The van der Waals surface area contributed by atoms with Crippen LogP contribution in [0, 0.1) is 11.3 Å². The molecule has 0 amide bonds. The largest absolute Gasteiger partial charge is 0.491 e. The van der Waals surface area contributed by atoms with Crippen LogP contribution < -0.4 is 10.1 Å². The van der Waals surface area contributed by atoms with Gasteiger partial charge in [-0.3, -0.25) is 0 Å². The van der Waals surface area contributed by atoms with Gasteiger partial charge in [-0.05, 0) is 30.3 Å². The van der Waals surface area contributed by atoms with Gasteiger partial charge in [0.15, 0.2) is 0 Å². The average molecular weight is 272 g/mol. The summed E-state index contributed by atoms with van der Waals surface area (Å²) in [6.07, 6.45) is 0.981. The van der Waals surface area contributed by atoms with Crippen LogP contribution in [-0.4, -0.2) is 24.4 Å². The zero-order chi connectivity index (χ0) is 14.2. The predicted molar refractivity (Wildman–Crippen MR) is 73.1 cm³/mol. The van der Waals surface area contributed by atoms with E-state index >= 15 is 0 Å². The lowest BCUT2D eigenvalue weighted by molar-refractivity contribution is 0.105. The molecule has 1 atom stereocenters. The van der Waals surface area contributed by atoms with Crippen molar-refractivity contribution in [2.45, 2.75) is 12.6 Å². The third-order valence-electron chi connectivity index (χ3n) is 2.66. The summed E-state index contributed by atoms with van der Waals surface area (Å²) in [4.78, 5) is 0. The van der Waals surface area contributed by atoms with Crippen LogP contribution in [0.3, 0.4) is 0 Å². The summed E-state index contributed by atoms with van der Waals surface area (Å²) in [5, 5.41) is 21.6. The quantitative estimate of drug-likeness (QED) is 0.801. The highest BCUT2D eigenvalue weighted by molar-refractivity contribution is 5.36. The number of rotatable bonds is 7. The van der Waals surface area contributed by atoms with Gasteiger partial charge >= 0.3 is 0 Å². The van der Waals surface area contributed by atoms with Crippen molar-refractivity contribution in [3.05, 3.63) is 54.0 Å². The van der Waals surface area contributed by atoms with Crippen molar-refractivity contribution in [2.75, 3.05) is 13.2 Å². The first-order valence-electron chi connectivity index (χ1n) is 6.32. The van der Waals surface area contributed by atoms with Crippen LogP contribution in [0.2, 0.25) is 0 Å². The van der Waals surface area contributed by atoms with Gasteiger partial charge in [-0.15, -0.1) is 0 Å². The third kappa shape index (κ3) is 4.43. The van der Waals surface area contributed by atoms with Crippen LogP contribution in [0.5, 0.6) is 5.75 Å². The molecule has 0 bridgehead atoms. The van der Waals surface area contributed by atoms with Crippen molar-refractivity contribution in [1.29, 1.82) is 5.26 Å². The standard InChI is InChI=1S/C15H16N2O3/c16-8-12-3-1-4-14(7-12)20-11-13(18)9-17-10-15-5-2-6-19-15/h1-7,13,17-18H,9-11H2. The van der Waals surface area contributed by atoms with Gasteiger partial charge in [0, 0.05) is 6.54 Å². The summed E-state index contributed by atoms with van der Waals surface area (Å²) in [6, 6.07) is 12.6. The maximum Gasteiger partial charge on any atom is 0.120 e. The van der Waals surface area contributed by atoms with Crippen molar-refractivity contribution in [3.63, 3.8) is 0 Å². The third-order valence-corrected chi connectivity index (χ3v) is 2.66. The van der Waals surface area contributed by atoms with Crippen LogP contribution in [0.25, 0.3) is 0 Å². The van der Waals surface area contributed by atoms with E-state index in [2.05, 4.69) is 5.32 Å². The number of hydrogen-bond donors (Lipinski definition) is 2. The van der Waals surface area contributed by atoms with Gasteiger partial charge in [0.05, 0.1) is 24.4 Å². The van der Waals surface area contributed by atoms with E-state index in [4.69, 9.17) is 14.4 Å². The van der Waals surface area contributed by atoms with Crippen molar-refractivity contribution < 1.29 is 14.3 Å². The second kappa shape index (κ2) is 7.34. The molecule has 0 radical (unpaired) electrons. The van der Waals surface area contributed by atoms with E-state index in [0.29, 0.717) is 24.4 Å². The minimum Gasteiger partial charge on any atom is -0.491 e. The van der Waals surface area contributed by atoms with E-state index < -0.39 is 6.10 Å². The number of aliphatic hydroxyl groups excluding tert-OH is 1. The molecule has 5 nitrogen and oxygen atoms in total. The Morgan fingerprint density at radius 2 is 2.25 bits per heavy atom. The van der Waals surface area contributed by atoms with Gasteiger partial charge in [0.1, 0.15) is 24.2 Å². The molecule has 1 unspecified atom stereocenters. The minimum atomic E-state index is -0.629. The van der Waals surface area contributed by atoms with E-state index in [-0.39, 0.29) is 6.61 Å². The Bertz CT molecular complexity index is 561. The number of benzene rings is 1. The van der Waals surface area contributed by atoms with E-state index in [1.165, 1.54) is 0 Å². The molecule has 2 aromatic rings. The summed E-state index contributed by atoms with van der Waals surface area (Å²) in [7, 11) is 0. The van der Waals surface area contributed by atoms with Crippen LogP contribution in [0.1, 0.15) is 11.3 Å². The van der Waals surface area contributed by atoms with Gasteiger partial charge in [-0.1, -0.05) is 6.07 Å². The van der Waals surface area contributed by atoms with Gasteiger partial charge in [0.25, 0.3) is 0 Å². The molecule has 0 aliphatic carbocycles. The molecule has 1 aromatic heterocycles. The predicted octanol–water partition coefficient (Wildman–Crippen LogP) is 1.68. The molecule has 20 heavy (non-hydrogen) atoms. The smallest absolute Gasteiger partial charge is 0.120 e. The molecule has 2 N–H and O–H groups in total. The Kier molecular flexibility index (Phi) is 5.18. The topological polar surface area (TPSA) is 78.4 Å². The molecule has 0 saturated heterocycles. The van der Waals surface area contributed by atoms with E-state index in [9.17, 15) is 5.11 Å². The fourth-order valence-corrected chi connectivity index (χ4v) is 1.68. The molecular formula is C15H16N2O3. The Labute approximate surface area is 117 Å². The fourth-order valence-electron chi connectivity index (χ4n) is 1.68. The lowest BCUT2D eigenvalue weighted by Crippen LogP contribution is -2.31. The average Bonchev–Trinajstić information content (AvgIpc) is 2.98. The number of aliphatic hydroxyl groups is 1. The SMILES string of the molecule is N#Cc1cccc(OCC(O)CNCc2ccco2)c1. The number of nitriles is 1. The number of nitrogens with zero attached hydrogens (tertiary/aromatic N) is 1. The van der Waals surface area contributed by atoms with Crippen LogP contribution in [0.15, 0.2) is 47.1 Å². The summed E-state index contributed by atoms with van der Waals surface area (Å²) in [5.74, 6) is 1.40. The molecule has 1 heterocycles. The molecule has 0 fully saturated rings. The summed E-state index contributed by atoms with van der Waals surface area (Å²) < 4.78 is 10.6. The first-order valence-corrected chi connectivity index (χ1v) is 6.32. The Balaban J connectivity index is 1.69. The zero-order valence-electron chi connectivity index (χ0n) is 11.0. The van der Waals surface area contributed by atoms with Crippen molar-refractivity contribution in [1.82, 2.24) is 5.32 Å². The van der Waals surface area contributed by atoms with Crippen LogP contribution in [-0.2, 0) is 6.54 Å². The van der Waals surface area contributed by atoms with Gasteiger partial charge in [-0.2, -0.15) is 5.26 Å². The fraction of sp³-hybridized carbons (Fsp3) is 0.267. The van der Waals surface area contributed by atoms with E-state index in [0.717, 1.165) is 5.76 Å².